The lowest BCUT2D eigenvalue weighted by Gasteiger charge is -2.30. The predicted molar refractivity (Wildman–Crippen MR) is 126 cm³/mol. The van der Waals surface area contributed by atoms with E-state index in [1.807, 2.05) is 30.3 Å². The van der Waals surface area contributed by atoms with Crippen LogP contribution in [0.5, 0.6) is 0 Å². The van der Waals surface area contributed by atoms with Crippen LogP contribution in [0.25, 0.3) is 11.8 Å². The fourth-order valence-electron chi connectivity index (χ4n) is 4.03. The highest BCUT2D eigenvalue weighted by Gasteiger charge is 2.32. The number of hydrogen-bond acceptors (Lipinski definition) is 3. The van der Waals surface area contributed by atoms with Gasteiger partial charge in [-0.1, -0.05) is 42.4 Å². The molecule has 0 aromatic heterocycles. The third-order valence-corrected chi connectivity index (χ3v) is 6.22. The smallest absolute Gasteiger partial charge is 0.405 e. The van der Waals surface area contributed by atoms with Gasteiger partial charge in [-0.2, -0.15) is 13.2 Å². The summed E-state index contributed by atoms with van der Waals surface area (Å²) in [6.45, 7) is 4.89. The minimum atomic E-state index is -4.53. The van der Waals surface area contributed by atoms with Crippen LogP contribution in [0.2, 0.25) is 5.02 Å². The first-order valence-corrected chi connectivity index (χ1v) is 11.1. The number of hydrogen-bond donors (Lipinski definition) is 3. The van der Waals surface area contributed by atoms with Gasteiger partial charge in [-0.05, 0) is 67.6 Å². The van der Waals surface area contributed by atoms with Gasteiger partial charge >= 0.3 is 6.18 Å². The van der Waals surface area contributed by atoms with Crippen molar-refractivity contribution in [1.82, 2.24) is 10.6 Å². The second-order valence-corrected chi connectivity index (χ2v) is 8.60. The molecule has 0 bridgehead atoms. The lowest BCUT2D eigenvalue weighted by molar-refractivity contribution is -0.137. The number of carbonyl (C=O) groups excluding carboxylic acids is 1. The number of nitrogens with two attached hydrogens (primary N) is 1. The quantitative estimate of drug-likeness (QED) is 0.469. The molecular weight excluding hydrogens is 451 g/mol. The van der Waals surface area contributed by atoms with Crippen LogP contribution < -0.4 is 16.4 Å². The molecule has 8 heteroatoms. The highest BCUT2D eigenvalue weighted by Crippen LogP contribution is 2.32. The van der Waals surface area contributed by atoms with Gasteiger partial charge in [-0.25, -0.2) is 0 Å². The molecule has 1 fully saturated rings. The maximum Gasteiger partial charge on any atom is 0.416 e. The predicted octanol–water partition coefficient (Wildman–Crippen LogP) is 5.84. The first-order valence-electron chi connectivity index (χ1n) is 10.8. The third kappa shape index (κ3) is 6.54. The van der Waals surface area contributed by atoms with Gasteiger partial charge in [0, 0.05) is 23.8 Å². The van der Waals surface area contributed by atoms with E-state index in [0.717, 1.165) is 67.3 Å². The summed E-state index contributed by atoms with van der Waals surface area (Å²) in [5.74, 6) is -0.171. The molecular formula is C25H27ClF3N3O. The number of carbonyl (C=O) groups is 1. The lowest BCUT2D eigenvalue weighted by Crippen LogP contribution is -2.39. The van der Waals surface area contributed by atoms with Crippen molar-refractivity contribution in [2.45, 2.75) is 37.9 Å². The fraction of sp³-hybridized carbons (Fsp3) is 0.320. The molecule has 176 valence electrons. The Balaban J connectivity index is 1.51. The molecule has 0 spiro atoms. The van der Waals surface area contributed by atoms with Crippen LogP contribution in [0.3, 0.4) is 0 Å². The Hall–Kier alpha value is -2.93. The molecule has 1 saturated carbocycles. The van der Waals surface area contributed by atoms with Crippen molar-refractivity contribution >= 4 is 29.3 Å². The summed E-state index contributed by atoms with van der Waals surface area (Å²) in [7, 11) is 0. The minimum absolute atomic E-state index is 0.00154. The Morgan fingerprint density at radius 1 is 1.12 bits per heavy atom. The van der Waals surface area contributed by atoms with Crippen LogP contribution >= 0.6 is 11.6 Å². The Labute approximate surface area is 196 Å². The SMILES string of the molecule is C=C(NC[C@H]1CC[C@H](NC(=O)c2cc(C(F)(F)F)ccc2Cl)CC1)c1ccccc1/C=C\N. The van der Waals surface area contributed by atoms with Crippen molar-refractivity contribution in [2.75, 3.05) is 6.54 Å². The molecule has 1 amide bonds. The van der Waals surface area contributed by atoms with E-state index >= 15 is 0 Å². The Morgan fingerprint density at radius 3 is 2.48 bits per heavy atom. The van der Waals surface area contributed by atoms with Gasteiger partial charge in [0.2, 0.25) is 0 Å². The van der Waals surface area contributed by atoms with Crippen LogP contribution in [0.4, 0.5) is 13.2 Å². The Morgan fingerprint density at radius 2 is 1.82 bits per heavy atom. The topological polar surface area (TPSA) is 67.1 Å². The molecule has 0 aliphatic heterocycles. The molecule has 0 heterocycles. The van der Waals surface area contributed by atoms with Gasteiger partial charge < -0.3 is 16.4 Å². The van der Waals surface area contributed by atoms with Crippen molar-refractivity contribution in [2.24, 2.45) is 11.7 Å². The zero-order valence-corrected chi connectivity index (χ0v) is 18.8. The summed E-state index contributed by atoms with van der Waals surface area (Å²) in [5, 5.41) is 6.24. The zero-order valence-electron chi connectivity index (χ0n) is 18.1. The fourth-order valence-corrected chi connectivity index (χ4v) is 4.24. The molecule has 4 N–H and O–H groups in total. The van der Waals surface area contributed by atoms with E-state index in [9.17, 15) is 18.0 Å². The van der Waals surface area contributed by atoms with E-state index in [-0.39, 0.29) is 16.6 Å². The average Bonchev–Trinajstić information content (AvgIpc) is 2.78. The Bertz CT molecular complexity index is 1030. The molecule has 0 unspecified atom stereocenters. The molecule has 33 heavy (non-hydrogen) atoms. The van der Waals surface area contributed by atoms with Crippen molar-refractivity contribution in [3.63, 3.8) is 0 Å². The second kappa shape index (κ2) is 10.8. The molecule has 2 aromatic rings. The van der Waals surface area contributed by atoms with Gasteiger partial charge in [0.25, 0.3) is 5.91 Å². The van der Waals surface area contributed by atoms with E-state index < -0.39 is 17.6 Å². The molecule has 1 aliphatic carbocycles. The molecule has 4 nitrogen and oxygen atoms in total. The van der Waals surface area contributed by atoms with E-state index in [2.05, 4.69) is 17.2 Å². The average molecular weight is 478 g/mol. The lowest BCUT2D eigenvalue weighted by atomic mass is 9.85. The van der Waals surface area contributed by atoms with E-state index in [1.165, 1.54) is 6.20 Å². The van der Waals surface area contributed by atoms with Crippen LogP contribution in [-0.4, -0.2) is 18.5 Å². The molecule has 0 radical (unpaired) electrons. The van der Waals surface area contributed by atoms with E-state index in [4.69, 9.17) is 17.3 Å². The van der Waals surface area contributed by atoms with Gasteiger partial charge in [0.1, 0.15) is 0 Å². The molecule has 1 aliphatic rings. The molecule has 0 saturated heterocycles. The van der Waals surface area contributed by atoms with Crippen LogP contribution in [0.15, 0.2) is 55.2 Å². The summed E-state index contributed by atoms with van der Waals surface area (Å²) in [5.41, 5.74) is 7.26. The summed E-state index contributed by atoms with van der Waals surface area (Å²) in [6, 6.07) is 10.5. The number of amides is 1. The highest BCUT2D eigenvalue weighted by atomic mass is 35.5. The summed E-state index contributed by atoms with van der Waals surface area (Å²) in [4.78, 5) is 12.6. The number of rotatable bonds is 7. The summed E-state index contributed by atoms with van der Waals surface area (Å²) >= 11 is 5.98. The normalized spacial score (nSPS) is 18.8. The largest absolute Gasteiger partial charge is 0.416 e. The minimum Gasteiger partial charge on any atom is -0.405 e. The maximum absolute atomic E-state index is 13.0. The van der Waals surface area contributed by atoms with Gasteiger partial charge in [0.05, 0.1) is 16.1 Å². The van der Waals surface area contributed by atoms with Crippen LogP contribution in [-0.2, 0) is 6.18 Å². The second-order valence-electron chi connectivity index (χ2n) is 8.19. The number of halogens is 4. The van der Waals surface area contributed by atoms with E-state index in [0.29, 0.717) is 5.92 Å². The number of nitrogens with one attached hydrogen (secondary N) is 2. The first-order chi connectivity index (χ1) is 15.7. The standard InChI is InChI=1S/C25H27ClF3N3O/c1-16(21-5-3-2-4-18(21)12-13-30)31-15-17-6-9-20(10-7-17)32-24(33)22-14-19(25(27,28)29)8-11-23(22)26/h2-5,8,11-14,17,20,31H,1,6-7,9-10,15,30H2,(H,32,33)/b13-12-/t17-,20-. The van der Waals surface area contributed by atoms with Gasteiger partial charge in [-0.3, -0.25) is 4.79 Å². The third-order valence-electron chi connectivity index (χ3n) is 5.89. The molecule has 0 atom stereocenters. The summed E-state index contributed by atoms with van der Waals surface area (Å²) < 4.78 is 38.9. The monoisotopic (exact) mass is 477 g/mol. The van der Waals surface area contributed by atoms with Crippen molar-refractivity contribution in [3.8, 4) is 0 Å². The van der Waals surface area contributed by atoms with Crippen molar-refractivity contribution in [3.05, 3.63) is 82.5 Å². The Kier molecular flexibility index (Phi) is 8.08. The van der Waals surface area contributed by atoms with Crippen LogP contribution in [0, 0.1) is 5.92 Å². The zero-order chi connectivity index (χ0) is 24.0. The van der Waals surface area contributed by atoms with E-state index in [1.54, 1.807) is 0 Å². The molecule has 3 rings (SSSR count). The van der Waals surface area contributed by atoms with Crippen molar-refractivity contribution in [1.29, 1.82) is 0 Å². The molecule has 2 aromatic carbocycles. The van der Waals surface area contributed by atoms with Gasteiger partial charge in [0.15, 0.2) is 0 Å². The highest BCUT2D eigenvalue weighted by molar-refractivity contribution is 6.33. The maximum atomic E-state index is 13.0. The van der Waals surface area contributed by atoms with Crippen molar-refractivity contribution < 1.29 is 18.0 Å². The first kappa shape index (κ1) is 24.7. The summed E-state index contributed by atoms with van der Waals surface area (Å²) in [6.07, 6.45) is 2.04. The van der Waals surface area contributed by atoms with Crippen LogP contribution in [0.1, 0.15) is 52.7 Å². The number of benzene rings is 2. The number of alkyl halides is 3. The van der Waals surface area contributed by atoms with Gasteiger partial charge in [-0.15, -0.1) is 0 Å².